The number of aliphatic hydroxyl groups excluding tert-OH is 1. The van der Waals surface area contributed by atoms with Crippen molar-refractivity contribution in [2.24, 2.45) is 23.2 Å². The summed E-state index contributed by atoms with van der Waals surface area (Å²) in [7, 11) is 0. The molecule has 1 spiro atoms. The van der Waals surface area contributed by atoms with Crippen LogP contribution in [0.1, 0.15) is 61.8 Å². The molecule has 0 aromatic heterocycles. The molecule has 240 valence electrons. The summed E-state index contributed by atoms with van der Waals surface area (Å²) in [6.07, 6.45) is 8.93. The average Bonchev–Trinajstić information content (AvgIpc) is 3.23. The van der Waals surface area contributed by atoms with E-state index >= 15 is 0 Å². The lowest BCUT2D eigenvalue weighted by Crippen LogP contribution is -2.61. The Morgan fingerprint density at radius 1 is 1.00 bits per heavy atom. The summed E-state index contributed by atoms with van der Waals surface area (Å²) in [5, 5.41) is 10.3. The van der Waals surface area contributed by atoms with Crippen LogP contribution in [0.5, 0.6) is 5.75 Å². The van der Waals surface area contributed by atoms with Gasteiger partial charge in [-0.3, -0.25) is 14.4 Å². The molecule has 0 radical (unpaired) electrons. The van der Waals surface area contributed by atoms with E-state index in [0.29, 0.717) is 19.7 Å². The van der Waals surface area contributed by atoms with Gasteiger partial charge in [0.05, 0.1) is 35.8 Å². The van der Waals surface area contributed by atoms with Crippen LogP contribution in [0.4, 0.5) is 5.69 Å². The molecule has 1 aromatic rings. The molecule has 9 heteroatoms. The number of amides is 3. The fourth-order valence-electron chi connectivity index (χ4n) is 8.11. The number of hydrogen-bond donors (Lipinski definition) is 1. The van der Waals surface area contributed by atoms with E-state index < -0.39 is 34.2 Å². The average molecular weight is 624 g/mol. The van der Waals surface area contributed by atoms with Crippen molar-refractivity contribution < 1.29 is 24.2 Å². The summed E-state index contributed by atoms with van der Waals surface area (Å²) in [5.74, 6) is -1.18. The third kappa shape index (κ3) is 5.48. The summed E-state index contributed by atoms with van der Waals surface area (Å²) in [4.78, 5) is 49.5. The van der Waals surface area contributed by atoms with Crippen molar-refractivity contribution in [1.29, 1.82) is 0 Å². The topological polar surface area (TPSA) is 90.4 Å². The highest BCUT2D eigenvalue weighted by Gasteiger charge is 2.72. The fraction of sp³-hybridized carbons (Fsp3) is 0.629. The van der Waals surface area contributed by atoms with Crippen LogP contribution < -0.4 is 9.64 Å². The Morgan fingerprint density at radius 3 is 2.27 bits per heavy atom. The quantitative estimate of drug-likeness (QED) is 0.414. The second-order valence-electron chi connectivity index (χ2n) is 14.8. The molecule has 2 saturated heterocycles. The minimum absolute atomic E-state index is 0.0202. The van der Waals surface area contributed by atoms with Gasteiger partial charge in [0.2, 0.25) is 17.7 Å². The molecular weight excluding hydrogens is 574 g/mol. The number of ether oxygens (including phenoxy) is 1. The molecule has 1 N–H and O–H groups in total. The van der Waals surface area contributed by atoms with Crippen LogP contribution in [0.3, 0.4) is 0 Å². The van der Waals surface area contributed by atoms with Crippen LogP contribution in [-0.2, 0) is 14.4 Å². The van der Waals surface area contributed by atoms with Crippen molar-refractivity contribution in [3.63, 3.8) is 0 Å². The molecule has 3 amide bonds. The zero-order valence-electron chi connectivity index (χ0n) is 27.4. The lowest BCUT2D eigenvalue weighted by molar-refractivity contribution is -0.149. The van der Waals surface area contributed by atoms with Crippen LogP contribution in [0.25, 0.3) is 0 Å². The van der Waals surface area contributed by atoms with Gasteiger partial charge in [-0.2, -0.15) is 0 Å². The second-order valence-corrected chi connectivity index (χ2v) is 16.3. The van der Waals surface area contributed by atoms with Gasteiger partial charge in [0.15, 0.2) is 0 Å². The first kappa shape index (κ1) is 32.6. The lowest BCUT2D eigenvalue weighted by Gasteiger charge is -2.45. The molecule has 0 saturated carbocycles. The largest absolute Gasteiger partial charge is 0.494 e. The molecule has 44 heavy (non-hydrogen) atoms. The van der Waals surface area contributed by atoms with Crippen molar-refractivity contribution in [1.82, 2.24) is 9.80 Å². The van der Waals surface area contributed by atoms with Crippen molar-refractivity contribution in [2.75, 3.05) is 31.2 Å². The standard InChI is InChI=1S/C35H49N3O5S/c1-9-43-24-15-13-23(14-16-24)36-18-10-12-26-27(30(36)40)28-31(41)38(25(20-39)22(2)3)29-32(42)37(19-11-17-35(28,29)44-26)34(7,8)21-33(4,5)6/h10-17,22,25-29,39H,9,18-21H2,1-8H3/t25-,26+,27-,28-,29?,35-/m0/s1. The first-order valence-corrected chi connectivity index (χ1v) is 16.9. The van der Waals surface area contributed by atoms with E-state index in [1.165, 1.54) is 0 Å². The number of likely N-dealkylation sites (tertiary alicyclic amines) is 1. The maximum atomic E-state index is 14.9. The van der Waals surface area contributed by atoms with Crippen LogP contribution >= 0.6 is 11.8 Å². The minimum atomic E-state index is -0.930. The molecular formula is C35H49N3O5S. The van der Waals surface area contributed by atoms with Crippen molar-refractivity contribution >= 4 is 35.2 Å². The van der Waals surface area contributed by atoms with Gasteiger partial charge in [0.25, 0.3) is 0 Å². The maximum absolute atomic E-state index is 14.9. The molecule has 4 aliphatic heterocycles. The van der Waals surface area contributed by atoms with Crippen LogP contribution in [0, 0.1) is 23.2 Å². The molecule has 0 aliphatic carbocycles. The van der Waals surface area contributed by atoms with Gasteiger partial charge < -0.3 is 24.5 Å². The number of hydrogen-bond acceptors (Lipinski definition) is 6. The first-order valence-electron chi connectivity index (χ1n) is 16.0. The number of rotatable bonds is 8. The highest BCUT2D eigenvalue weighted by molar-refractivity contribution is 8.02. The van der Waals surface area contributed by atoms with Gasteiger partial charge in [-0.1, -0.05) is 58.9 Å². The summed E-state index contributed by atoms with van der Waals surface area (Å²) in [6, 6.07) is 6.11. The van der Waals surface area contributed by atoms with E-state index in [2.05, 4.69) is 46.8 Å². The van der Waals surface area contributed by atoms with E-state index in [9.17, 15) is 19.5 Å². The second kappa shape index (κ2) is 11.9. The summed E-state index contributed by atoms with van der Waals surface area (Å²) in [5.41, 5.74) is 0.248. The van der Waals surface area contributed by atoms with Crippen LogP contribution in [-0.4, -0.2) is 86.6 Å². The van der Waals surface area contributed by atoms with Gasteiger partial charge in [0, 0.05) is 29.6 Å². The first-order chi connectivity index (χ1) is 20.7. The van der Waals surface area contributed by atoms with Gasteiger partial charge in [-0.25, -0.2) is 0 Å². The number of thioether (sulfide) groups is 1. The smallest absolute Gasteiger partial charge is 0.247 e. The molecule has 4 heterocycles. The molecule has 8 nitrogen and oxygen atoms in total. The predicted octanol–water partition coefficient (Wildman–Crippen LogP) is 4.92. The Bertz CT molecular complexity index is 1330. The monoisotopic (exact) mass is 623 g/mol. The number of carbonyl (C=O) groups excluding carboxylic acids is 3. The molecule has 6 atom stereocenters. The summed E-state index contributed by atoms with van der Waals surface area (Å²) in [6.45, 7) is 17.7. The molecule has 0 bridgehead atoms. The Hall–Kier alpha value is -2.78. The van der Waals surface area contributed by atoms with E-state index in [4.69, 9.17) is 4.74 Å². The molecule has 5 rings (SSSR count). The predicted molar refractivity (Wildman–Crippen MR) is 176 cm³/mol. The van der Waals surface area contributed by atoms with Crippen LogP contribution in [0.2, 0.25) is 0 Å². The minimum Gasteiger partial charge on any atom is -0.494 e. The third-order valence-corrected chi connectivity index (χ3v) is 11.3. The van der Waals surface area contributed by atoms with Gasteiger partial charge >= 0.3 is 0 Å². The molecule has 1 aromatic carbocycles. The summed E-state index contributed by atoms with van der Waals surface area (Å²) >= 11 is 1.58. The number of carbonyl (C=O) groups is 3. The van der Waals surface area contributed by atoms with E-state index in [1.807, 2.05) is 62.1 Å². The molecule has 4 aliphatic rings. The summed E-state index contributed by atoms with van der Waals surface area (Å²) < 4.78 is 4.68. The van der Waals surface area contributed by atoms with E-state index in [-0.39, 0.29) is 40.9 Å². The third-order valence-electron chi connectivity index (χ3n) is 9.56. The Balaban J connectivity index is 1.59. The zero-order chi connectivity index (χ0) is 32.2. The van der Waals surface area contributed by atoms with Crippen molar-refractivity contribution in [3.05, 3.63) is 48.6 Å². The van der Waals surface area contributed by atoms with Gasteiger partial charge in [0.1, 0.15) is 11.8 Å². The number of benzene rings is 1. The highest BCUT2D eigenvalue weighted by Crippen LogP contribution is 2.62. The molecule has 1 unspecified atom stereocenters. The fourth-order valence-corrected chi connectivity index (χ4v) is 10.1. The van der Waals surface area contributed by atoms with E-state index in [1.54, 1.807) is 21.6 Å². The lowest BCUT2D eigenvalue weighted by atomic mass is 9.77. The Morgan fingerprint density at radius 2 is 1.68 bits per heavy atom. The Labute approximate surface area is 266 Å². The van der Waals surface area contributed by atoms with Crippen LogP contribution in [0.15, 0.2) is 48.6 Å². The normalized spacial score (nSPS) is 29.5. The number of aliphatic hydroxyl groups is 1. The van der Waals surface area contributed by atoms with Gasteiger partial charge in [-0.05, 0) is 62.8 Å². The number of nitrogens with zero attached hydrogens (tertiary/aromatic N) is 3. The highest BCUT2D eigenvalue weighted by atomic mass is 32.2. The number of fused-ring (bicyclic) bond motifs is 2. The van der Waals surface area contributed by atoms with Crippen molar-refractivity contribution in [3.8, 4) is 5.75 Å². The number of anilines is 1. The SMILES string of the molecule is CCOc1ccc(N2CC=C[C@H]3S[C@]45C=CCN(C(C)(C)CC(C)(C)C)C(=O)C4N([C@@H](CO)C(C)C)C(=O)[C@@H]5[C@H]3C2=O)cc1. The molecule has 2 fully saturated rings. The Kier molecular flexibility index (Phi) is 8.79. The zero-order valence-corrected chi connectivity index (χ0v) is 28.3. The van der Waals surface area contributed by atoms with Crippen molar-refractivity contribution in [2.45, 2.75) is 89.4 Å². The van der Waals surface area contributed by atoms with E-state index in [0.717, 1.165) is 17.9 Å². The maximum Gasteiger partial charge on any atom is 0.247 e. The van der Waals surface area contributed by atoms with Gasteiger partial charge in [-0.15, -0.1) is 11.8 Å².